The summed E-state index contributed by atoms with van der Waals surface area (Å²) in [5, 5.41) is 0. The summed E-state index contributed by atoms with van der Waals surface area (Å²) in [5.41, 5.74) is 2.24. The molecule has 2 aromatic carbocycles. The van der Waals surface area contributed by atoms with E-state index in [-0.39, 0.29) is 35.8 Å². The Hall–Kier alpha value is -2.73. The quantitative estimate of drug-likeness (QED) is 0.703. The number of likely N-dealkylation sites (tertiary alicyclic amines) is 1. The van der Waals surface area contributed by atoms with Crippen molar-refractivity contribution in [2.45, 2.75) is 51.6 Å². The molecule has 2 saturated heterocycles. The number of hydrogen-bond acceptors (Lipinski definition) is 4. The number of benzene rings is 2. The van der Waals surface area contributed by atoms with Crippen molar-refractivity contribution in [2.75, 3.05) is 19.7 Å². The van der Waals surface area contributed by atoms with Gasteiger partial charge in [0.25, 0.3) is 0 Å². The highest BCUT2D eigenvalue weighted by Gasteiger charge is 2.48. The third-order valence-corrected chi connectivity index (χ3v) is 6.65. The van der Waals surface area contributed by atoms with Gasteiger partial charge in [0.2, 0.25) is 5.91 Å². The van der Waals surface area contributed by atoms with Crippen molar-refractivity contribution < 1.29 is 18.7 Å². The predicted molar refractivity (Wildman–Crippen MR) is 121 cm³/mol. The van der Waals surface area contributed by atoms with Crippen LogP contribution in [0, 0.1) is 18.7 Å². The number of carbonyl (C=O) groups is 2. The average Bonchev–Trinajstić information content (AvgIpc) is 3.33. The van der Waals surface area contributed by atoms with Crippen molar-refractivity contribution in [3.05, 3.63) is 71.0 Å². The predicted octanol–water partition coefficient (Wildman–Crippen LogP) is 4.54. The lowest BCUT2D eigenvalue weighted by atomic mass is 9.87. The van der Waals surface area contributed by atoms with Crippen LogP contribution in [0.5, 0.6) is 0 Å². The van der Waals surface area contributed by atoms with E-state index in [2.05, 4.69) is 25.7 Å². The fourth-order valence-electron chi connectivity index (χ4n) is 4.80. The fraction of sp³-hybridized carbons (Fsp3) is 0.462. The molecule has 3 atom stereocenters. The Kier molecular flexibility index (Phi) is 6.08. The van der Waals surface area contributed by atoms with Crippen molar-refractivity contribution in [3.8, 4) is 0 Å². The molecular weight excluding hydrogens is 407 g/mol. The first-order chi connectivity index (χ1) is 15.1. The van der Waals surface area contributed by atoms with Crippen LogP contribution < -0.4 is 0 Å². The summed E-state index contributed by atoms with van der Waals surface area (Å²) < 4.78 is 20.2. The van der Waals surface area contributed by atoms with Gasteiger partial charge in [-0.25, -0.2) is 14.1 Å². The van der Waals surface area contributed by atoms with Crippen molar-refractivity contribution in [1.82, 2.24) is 9.80 Å². The van der Waals surface area contributed by atoms with Crippen LogP contribution in [0.1, 0.15) is 43.4 Å². The molecule has 2 unspecified atom stereocenters. The molecule has 0 N–H and O–H groups in total. The molecule has 2 amide bonds. The monoisotopic (exact) mass is 438 g/mol. The molecule has 0 aliphatic carbocycles. The standard InChI is InChI=1S/C26H31FN2O3/c1-17-10-11-20(23(27)12-17)21-14-28(26(2,3)4)15-22(21)24(30)29-19(16-32-25(29)31)13-18-8-6-5-7-9-18/h5-12,19,21-22H,13-16H2,1-4H3/t19-,21?,22?/m0/s1. The second-order valence-electron chi connectivity index (χ2n) is 9.94. The largest absolute Gasteiger partial charge is 0.447 e. The van der Waals surface area contributed by atoms with Crippen molar-refractivity contribution in [3.63, 3.8) is 0 Å². The van der Waals surface area contributed by atoms with Crippen LogP contribution in [-0.2, 0) is 16.0 Å². The molecule has 2 aliphatic heterocycles. The average molecular weight is 439 g/mol. The van der Waals surface area contributed by atoms with Crippen molar-refractivity contribution in [1.29, 1.82) is 0 Å². The second-order valence-corrected chi connectivity index (χ2v) is 9.94. The van der Waals surface area contributed by atoms with Gasteiger partial charge in [-0.15, -0.1) is 0 Å². The highest BCUT2D eigenvalue weighted by Crippen LogP contribution is 2.39. The summed E-state index contributed by atoms with van der Waals surface area (Å²) in [4.78, 5) is 29.9. The van der Waals surface area contributed by atoms with Gasteiger partial charge in [0.1, 0.15) is 12.4 Å². The number of ether oxygens (including phenoxy) is 1. The van der Waals surface area contributed by atoms with E-state index in [4.69, 9.17) is 4.74 Å². The first kappa shape index (κ1) is 22.5. The van der Waals surface area contributed by atoms with Crippen LogP contribution in [0.25, 0.3) is 0 Å². The van der Waals surface area contributed by atoms with Gasteiger partial charge in [-0.1, -0.05) is 42.5 Å². The Morgan fingerprint density at radius 2 is 1.84 bits per heavy atom. The van der Waals surface area contributed by atoms with E-state index < -0.39 is 12.0 Å². The molecule has 6 heteroatoms. The number of halogens is 1. The minimum atomic E-state index is -0.603. The number of cyclic esters (lactones) is 1. The lowest BCUT2D eigenvalue weighted by molar-refractivity contribution is -0.133. The maximum Gasteiger partial charge on any atom is 0.416 e. The third-order valence-electron chi connectivity index (χ3n) is 6.65. The number of carbonyl (C=O) groups excluding carboxylic acids is 2. The summed E-state index contributed by atoms with van der Waals surface area (Å²) in [6.07, 6.45) is -0.0642. The van der Waals surface area contributed by atoms with Gasteiger partial charge in [0.15, 0.2) is 0 Å². The van der Waals surface area contributed by atoms with E-state index in [0.717, 1.165) is 11.1 Å². The van der Waals surface area contributed by atoms with Crippen LogP contribution in [0.3, 0.4) is 0 Å². The molecule has 2 aliphatic rings. The Balaban J connectivity index is 1.64. The minimum absolute atomic E-state index is 0.177. The molecule has 2 heterocycles. The van der Waals surface area contributed by atoms with Gasteiger partial charge < -0.3 is 4.74 Å². The molecule has 4 rings (SSSR count). The molecule has 0 spiro atoms. The van der Waals surface area contributed by atoms with E-state index in [0.29, 0.717) is 25.1 Å². The van der Waals surface area contributed by atoms with E-state index in [1.54, 1.807) is 6.07 Å². The molecule has 0 bridgehead atoms. The summed E-state index contributed by atoms with van der Waals surface area (Å²) in [6, 6.07) is 14.6. The van der Waals surface area contributed by atoms with Gasteiger partial charge in [-0.3, -0.25) is 9.69 Å². The number of rotatable bonds is 4. The highest BCUT2D eigenvalue weighted by atomic mass is 19.1. The summed E-state index contributed by atoms with van der Waals surface area (Å²) in [5.74, 6) is -1.41. The number of amides is 2. The molecular formula is C26H31FN2O3. The van der Waals surface area contributed by atoms with E-state index in [1.807, 2.05) is 43.3 Å². The maximum atomic E-state index is 14.9. The number of aryl methyl sites for hydroxylation is 1. The first-order valence-electron chi connectivity index (χ1n) is 11.2. The normalized spacial score (nSPS) is 24.1. The van der Waals surface area contributed by atoms with Crippen LogP contribution in [0.2, 0.25) is 0 Å². The summed E-state index contributed by atoms with van der Waals surface area (Å²) in [6.45, 7) is 9.33. The zero-order valence-corrected chi connectivity index (χ0v) is 19.2. The molecule has 0 aromatic heterocycles. The number of hydrogen-bond donors (Lipinski definition) is 0. The van der Waals surface area contributed by atoms with Crippen LogP contribution in [-0.4, -0.2) is 53.1 Å². The molecule has 170 valence electrons. The van der Waals surface area contributed by atoms with Gasteiger partial charge >= 0.3 is 6.09 Å². The van der Waals surface area contributed by atoms with Gasteiger partial charge in [0.05, 0.1) is 12.0 Å². The molecule has 0 saturated carbocycles. The highest BCUT2D eigenvalue weighted by molar-refractivity contribution is 5.95. The molecule has 2 aromatic rings. The Morgan fingerprint density at radius 1 is 1.12 bits per heavy atom. The zero-order chi connectivity index (χ0) is 23.0. The third kappa shape index (κ3) is 4.42. The molecule has 2 fully saturated rings. The topological polar surface area (TPSA) is 49.9 Å². The Bertz CT molecular complexity index is 1000. The Labute approximate surface area is 189 Å². The first-order valence-corrected chi connectivity index (χ1v) is 11.2. The smallest absolute Gasteiger partial charge is 0.416 e. The van der Waals surface area contributed by atoms with Crippen LogP contribution >= 0.6 is 0 Å². The number of nitrogens with zero attached hydrogens (tertiary/aromatic N) is 2. The molecule has 0 radical (unpaired) electrons. The lowest BCUT2D eigenvalue weighted by Crippen LogP contribution is -2.46. The SMILES string of the molecule is Cc1ccc(C2CN(C(C)(C)C)CC2C(=O)N2C(=O)OC[C@@H]2Cc2ccccc2)c(F)c1. The minimum Gasteiger partial charge on any atom is -0.447 e. The number of imide groups is 1. The second kappa shape index (κ2) is 8.66. The molecule has 5 nitrogen and oxygen atoms in total. The van der Waals surface area contributed by atoms with Gasteiger partial charge in [0, 0.05) is 24.5 Å². The lowest BCUT2D eigenvalue weighted by Gasteiger charge is -2.32. The van der Waals surface area contributed by atoms with Crippen molar-refractivity contribution in [2.24, 2.45) is 5.92 Å². The van der Waals surface area contributed by atoms with E-state index in [1.165, 1.54) is 11.0 Å². The van der Waals surface area contributed by atoms with E-state index in [9.17, 15) is 14.0 Å². The van der Waals surface area contributed by atoms with Crippen LogP contribution in [0.15, 0.2) is 48.5 Å². The fourth-order valence-corrected chi connectivity index (χ4v) is 4.80. The Morgan fingerprint density at radius 3 is 2.50 bits per heavy atom. The van der Waals surface area contributed by atoms with E-state index >= 15 is 0 Å². The van der Waals surface area contributed by atoms with Crippen LogP contribution in [0.4, 0.5) is 9.18 Å². The summed E-state index contributed by atoms with van der Waals surface area (Å²) >= 11 is 0. The maximum absolute atomic E-state index is 14.9. The van der Waals surface area contributed by atoms with Crippen molar-refractivity contribution >= 4 is 12.0 Å². The zero-order valence-electron chi connectivity index (χ0n) is 19.2. The van der Waals surface area contributed by atoms with Gasteiger partial charge in [-0.2, -0.15) is 0 Å². The summed E-state index contributed by atoms with van der Waals surface area (Å²) in [7, 11) is 0. The molecule has 32 heavy (non-hydrogen) atoms. The van der Waals surface area contributed by atoms with Gasteiger partial charge in [-0.05, 0) is 56.9 Å².